The highest BCUT2D eigenvalue weighted by Gasteiger charge is 2.31. The molecule has 0 radical (unpaired) electrons. The minimum Gasteiger partial charge on any atom is -0.0842 e. The Morgan fingerprint density at radius 1 is 0.895 bits per heavy atom. The van der Waals surface area contributed by atoms with E-state index in [1.807, 2.05) is 0 Å². The second-order valence-electron chi connectivity index (χ2n) is 5.81. The summed E-state index contributed by atoms with van der Waals surface area (Å²) in [6, 6.07) is 0. The normalized spacial score (nSPS) is 23.9. The van der Waals surface area contributed by atoms with E-state index in [-0.39, 0.29) is 5.41 Å². The number of fused-ring (bicyclic) bond motifs is 2. The van der Waals surface area contributed by atoms with Gasteiger partial charge >= 0.3 is 0 Å². The van der Waals surface area contributed by atoms with Crippen molar-refractivity contribution in [1.82, 2.24) is 0 Å². The van der Waals surface area contributed by atoms with Crippen LogP contribution in [0.5, 0.6) is 0 Å². The van der Waals surface area contributed by atoms with E-state index in [2.05, 4.69) is 74.6 Å². The topological polar surface area (TPSA) is 0 Å². The van der Waals surface area contributed by atoms with Gasteiger partial charge in [0.2, 0.25) is 0 Å². The predicted octanol–water partition coefficient (Wildman–Crippen LogP) is 5.21. The molecule has 0 atom stereocenters. The summed E-state index contributed by atoms with van der Waals surface area (Å²) in [6.45, 7) is 4.64. The smallest absolute Gasteiger partial charge is 0.0152 e. The van der Waals surface area contributed by atoms with Gasteiger partial charge in [0.15, 0.2) is 0 Å². The maximum absolute atomic E-state index is 2.32. The van der Waals surface area contributed by atoms with Crippen molar-refractivity contribution in [3.63, 3.8) is 0 Å². The molecule has 0 aromatic heterocycles. The maximum Gasteiger partial charge on any atom is 0.0152 e. The molecule has 0 aliphatic heterocycles. The largest absolute Gasteiger partial charge is 0.0842 e. The molecule has 19 heavy (non-hydrogen) atoms. The summed E-state index contributed by atoms with van der Waals surface area (Å²) in [5.74, 6) is 0. The minimum atomic E-state index is 0.0737. The molecule has 0 N–H and O–H groups in total. The molecule has 0 amide bonds. The fourth-order valence-corrected chi connectivity index (χ4v) is 3.02. The van der Waals surface area contributed by atoms with Crippen LogP contribution < -0.4 is 0 Å². The Morgan fingerprint density at radius 2 is 1.74 bits per heavy atom. The standard InChI is InChI=1S/C19H20/c1-19(2)16-11-6-7-14-18(19)17(13-8-12-16)15-9-4-3-5-10-15/h3-4,6-9,11-14H,5,10H2,1-2H3. The van der Waals surface area contributed by atoms with Gasteiger partial charge in [-0.15, -0.1) is 0 Å². The highest BCUT2D eigenvalue weighted by Crippen LogP contribution is 2.45. The summed E-state index contributed by atoms with van der Waals surface area (Å²) in [4.78, 5) is 0. The summed E-state index contributed by atoms with van der Waals surface area (Å²) in [5.41, 5.74) is 5.75. The highest BCUT2D eigenvalue weighted by molar-refractivity contribution is 5.60. The Hall–Kier alpha value is -1.82. The van der Waals surface area contributed by atoms with E-state index in [0.29, 0.717) is 0 Å². The molecule has 3 aliphatic rings. The second kappa shape index (κ2) is 4.70. The predicted molar refractivity (Wildman–Crippen MR) is 82.8 cm³/mol. The molecule has 0 spiro atoms. The number of allylic oxidation sites excluding steroid dienone is 14. The van der Waals surface area contributed by atoms with Crippen molar-refractivity contribution in [3.05, 3.63) is 83.1 Å². The fourth-order valence-electron chi connectivity index (χ4n) is 3.02. The van der Waals surface area contributed by atoms with Crippen molar-refractivity contribution >= 4 is 0 Å². The van der Waals surface area contributed by atoms with Gasteiger partial charge < -0.3 is 0 Å². The fraction of sp³-hybridized carbons (Fsp3) is 0.263. The summed E-state index contributed by atoms with van der Waals surface area (Å²) in [7, 11) is 0. The van der Waals surface area contributed by atoms with Crippen LogP contribution in [-0.4, -0.2) is 0 Å². The molecule has 3 rings (SSSR count). The van der Waals surface area contributed by atoms with E-state index >= 15 is 0 Å². The molecule has 0 heteroatoms. The van der Waals surface area contributed by atoms with E-state index < -0.39 is 0 Å². The molecular formula is C19H20. The molecule has 0 saturated carbocycles. The lowest BCUT2D eigenvalue weighted by molar-refractivity contribution is 0.562. The van der Waals surface area contributed by atoms with Crippen LogP contribution in [0.3, 0.4) is 0 Å². The Morgan fingerprint density at radius 3 is 2.53 bits per heavy atom. The van der Waals surface area contributed by atoms with Gasteiger partial charge in [0.25, 0.3) is 0 Å². The van der Waals surface area contributed by atoms with E-state index in [9.17, 15) is 0 Å². The van der Waals surface area contributed by atoms with Crippen molar-refractivity contribution in [1.29, 1.82) is 0 Å². The van der Waals surface area contributed by atoms with Gasteiger partial charge in [0.1, 0.15) is 0 Å². The quantitative estimate of drug-likeness (QED) is 0.597. The first-order valence-corrected chi connectivity index (χ1v) is 7.04. The molecule has 2 bridgehead atoms. The average Bonchev–Trinajstić information content (AvgIpc) is 2.65. The second-order valence-corrected chi connectivity index (χ2v) is 5.81. The van der Waals surface area contributed by atoms with Crippen LogP contribution in [0, 0.1) is 5.41 Å². The van der Waals surface area contributed by atoms with Gasteiger partial charge in [-0.1, -0.05) is 74.6 Å². The summed E-state index contributed by atoms with van der Waals surface area (Å²) in [5, 5.41) is 0. The monoisotopic (exact) mass is 248 g/mol. The van der Waals surface area contributed by atoms with E-state index in [1.54, 1.807) is 0 Å². The maximum atomic E-state index is 2.32. The van der Waals surface area contributed by atoms with Gasteiger partial charge in [-0.3, -0.25) is 0 Å². The number of hydrogen-bond donors (Lipinski definition) is 0. The lowest BCUT2D eigenvalue weighted by Gasteiger charge is -2.30. The molecule has 0 heterocycles. The van der Waals surface area contributed by atoms with Gasteiger partial charge in [0, 0.05) is 5.41 Å². The van der Waals surface area contributed by atoms with Crippen molar-refractivity contribution in [2.45, 2.75) is 26.7 Å². The third kappa shape index (κ3) is 2.12. The molecule has 3 aliphatic carbocycles. The first-order valence-electron chi connectivity index (χ1n) is 7.04. The lowest BCUT2D eigenvalue weighted by atomic mass is 9.73. The highest BCUT2D eigenvalue weighted by atomic mass is 14.3. The van der Waals surface area contributed by atoms with E-state index in [1.165, 1.54) is 22.3 Å². The zero-order chi connectivity index (χ0) is 13.3. The third-order valence-corrected chi connectivity index (χ3v) is 4.23. The zero-order valence-electron chi connectivity index (χ0n) is 11.7. The van der Waals surface area contributed by atoms with E-state index in [0.717, 1.165) is 12.8 Å². The van der Waals surface area contributed by atoms with Crippen molar-refractivity contribution in [2.75, 3.05) is 0 Å². The van der Waals surface area contributed by atoms with Crippen LogP contribution in [0.2, 0.25) is 0 Å². The molecule has 0 aromatic carbocycles. The Labute approximate surface area is 115 Å². The molecule has 0 fully saturated rings. The van der Waals surface area contributed by atoms with Crippen molar-refractivity contribution in [3.8, 4) is 0 Å². The first-order chi connectivity index (χ1) is 9.19. The molecule has 0 saturated heterocycles. The summed E-state index contributed by atoms with van der Waals surface area (Å²) < 4.78 is 0. The van der Waals surface area contributed by atoms with Crippen LogP contribution in [0.4, 0.5) is 0 Å². The Kier molecular flexibility index (Phi) is 3.02. The Bertz CT molecular complexity index is 596. The van der Waals surface area contributed by atoms with Crippen LogP contribution in [-0.2, 0) is 0 Å². The summed E-state index contributed by atoms with van der Waals surface area (Å²) >= 11 is 0. The van der Waals surface area contributed by atoms with Gasteiger partial charge in [-0.2, -0.15) is 0 Å². The average molecular weight is 248 g/mol. The van der Waals surface area contributed by atoms with Crippen LogP contribution >= 0.6 is 0 Å². The molecule has 96 valence electrons. The van der Waals surface area contributed by atoms with Crippen molar-refractivity contribution < 1.29 is 0 Å². The van der Waals surface area contributed by atoms with Crippen LogP contribution in [0.15, 0.2) is 83.1 Å². The van der Waals surface area contributed by atoms with Crippen molar-refractivity contribution in [2.24, 2.45) is 5.41 Å². The molecule has 0 unspecified atom stereocenters. The van der Waals surface area contributed by atoms with E-state index in [4.69, 9.17) is 0 Å². The van der Waals surface area contributed by atoms with Crippen LogP contribution in [0.1, 0.15) is 26.7 Å². The first kappa shape index (κ1) is 12.2. The lowest BCUT2D eigenvalue weighted by Crippen LogP contribution is -2.18. The number of rotatable bonds is 1. The minimum absolute atomic E-state index is 0.0737. The van der Waals surface area contributed by atoms with Crippen LogP contribution in [0.25, 0.3) is 0 Å². The molecular weight excluding hydrogens is 228 g/mol. The zero-order valence-corrected chi connectivity index (χ0v) is 11.7. The molecule has 0 aromatic rings. The Balaban J connectivity index is 2.14. The van der Waals surface area contributed by atoms with Gasteiger partial charge in [-0.05, 0) is 35.1 Å². The third-order valence-electron chi connectivity index (χ3n) is 4.23. The SMILES string of the molecule is CC1(C)C2=CC=CC=C1C(C1=CC=CCC1)=CC=C2. The van der Waals surface area contributed by atoms with Gasteiger partial charge in [-0.25, -0.2) is 0 Å². The van der Waals surface area contributed by atoms with Gasteiger partial charge in [0.05, 0.1) is 0 Å². The number of hydrogen-bond acceptors (Lipinski definition) is 0. The summed E-state index contributed by atoms with van der Waals surface area (Å²) in [6.07, 6.45) is 24.5. The molecule has 0 nitrogen and oxygen atoms in total.